The normalized spacial score (nSPS) is 20.2. The molecular weight excluding hydrogens is 383 g/mol. The highest BCUT2D eigenvalue weighted by molar-refractivity contribution is 5.28. The highest BCUT2D eigenvalue weighted by atomic mass is 19.4. The average Bonchev–Trinajstić information content (AvgIpc) is 2.70. The number of hydrogen-bond donors (Lipinski definition) is 0. The Labute approximate surface area is 179 Å². The number of hydrogen-bond acceptors (Lipinski definition) is 1. The molecule has 0 radical (unpaired) electrons. The molecule has 0 heterocycles. The van der Waals surface area contributed by atoms with Gasteiger partial charge < -0.3 is 4.90 Å². The minimum absolute atomic E-state index is 0.268. The van der Waals surface area contributed by atoms with Gasteiger partial charge >= 0.3 is 6.18 Å². The zero-order valence-electron chi connectivity index (χ0n) is 18.2. The maximum atomic E-state index is 13.0. The monoisotopic (exact) mass is 417 g/mol. The molecule has 30 heavy (non-hydrogen) atoms. The molecule has 3 unspecified atom stereocenters. The molecule has 0 aromatic heterocycles. The Balaban J connectivity index is 1.52. The van der Waals surface area contributed by atoms with Gasteiger partial charge in [-0.15, -0.1) is 0 Å². The van der Waals surface area contributed by atoms with Crippen molar-refractivity contribution >= 4 is 0 Å². The van der Waals surface area contributed by atoms with E-state index in [-0.39, 0.29) is 12.3 Å². The largest absolute Gasteiger partial charge is 0.392 e. The Morgan fingerprint density at radius 2 is 1.57 bits per heavy atom. The summed E-state index contributed by atoms with van der Waals surface area (Å²) in [6, 6.07) is 19.0. The van der Waals surface area contributed by atoms with Crippen molar-refractivity contribution in [3.63, 3.8) is 0 Å². The second-order valence-corrected chi connectivity index (χ2v) is 8.54. The molecule has 4 heteroatoms. The lowest BCUT2D eigenvalue weighted by Crippen LogP contribution is -2.37. The Morgan fingerprint density at radius 1 is 0.900 bits per heavy atom. The van der Waals surface area contributed by atoms with Crippen molar-refractivity contribution in [1.29, 1.82) is 0 Å². The van der Waals surface area contributed by atoms with E-state index in [4.69, 9.17) is 0 Å². The summed E-state index contributed by atoms with van der Waals surface area (Å²) in [6.45, 7) is 6.55. The third-order valence-electron chi connectivity index (χ3n) is 6.79. The van der Waals surface area contributed by atoms with E-state index in [0.717, 1.165) is 44.3 Å². The van der Waals surface area contributed by atoms with Gasteiger partial charge in [-0.1, -0.05) is 68.4 Å². The summed E-state index contributed by atoms with van der Waals surface area (Å²) in [7, 11) is 0. The third kappa shape index (κ3) is 5.87. The molecule has 1 aliphatic rings. The first kappa shape index (κ1) is 22.9. The zero-order chi connectivity index (χ0) is 21.6. The molecule has 1 saturated carbocycles. The van der Waals surface area contributed by atoms with E-state index in [1.807, 2.05) is 24.3 Å². The molecule has 0 aliphatic heterocycles. The second-order valence-electron chi connectivity index (χ2n) is 8.54. The van der Waals surface area contributed by atoms with Crippen molar-refractivity contribution in [2.24, 2.45) is 5.92 Å². The fourth-order valence-electron chi connectivity index (χ4n) is 4.72. The number of alkyl halides is 3. The average molecular weight is 418 g/mol. The summed E-state index contributed by atoms with van der Waals surface area (Å²) in [5, 5.41) is 0. The molecule has 1 aliphatic carbocycles. The fourth-order valence-corrected chi connectivity index (χ4v) is 4.72. The van der Waals surface area contributed by atoms with Gasteiger partial charge in [-0.25, -0.2) is 0 Å². The number of benzene rings is 2. The van der Waals surface area contributed by atoms with Crippen molar-refractivity contribution in [3.05, 3.63) is 71.3 Å². The molecule has 2 aromatic rings. The van der Waals surface area contributed by atoms with Gasteiger partial charge in [0.1, 0.15) is 0 Å². The van der Waals surface area contributed by atoms with Crippen molar-refractivity contribution in [2.75, 3.05) is 13.1 Å². The maximum Gasteiger partial charge on any atom is 0.392 e. The predicted octanol–water partition coefficient (Wildman–Crippen LogP) is 7.02. The zero-order valence-corrected chi connectivity index (χ0v) is 18.2. The van der Waals surface area contributed by atoms with E-state index in [9.17, 15) is 13.2 Å². The molecule has 0 spiro atoms. The number of likely N-dealkylation sites (N-methyl/N-ethyl adjacent to an activating group) is 1. The maximum absolute atomic E-state index is 13.0. The summed E-state index contributed by atoms with van der Waals surface area (Å²) in [4.78, 5) is 2.56. The van der Waals surface area contributed by atoms with Crippen LogP contribution in [-0.2, 0) is 12.8 Å². The first-order chi connectivity index (χ1) is 14.4. The van der Waals surface area contributed by atoms with Crippen molar-refractivity contribution in [1.82, 2.24) is 4.90 Å². The van der Waals surface area contributed by atoms with Gasteiger partial charge in [0.05, 0.1) is 5.92 Å². The molecule has 2 aromatic carbocycles. The third-order valence-corrected chi connectivity index (χ3v) is 6.79. The highest BCUT2D eigenvalue weighted by Gasteiger charge is 2.50. The Morgan fingerprint density at radius 3 is 2.10 bits per heavy atom. The first-order valence-corrected chi connectivity index (χ1v) is 11.4. The van der Waals surface area contributed by atoms with Gasteiger partial charge in [0.15, 0.2) is 0 Å². The van der Waals surface area contributed by atoms with Crippen LogP contribution in [0.4, 0.5) is 13.2 Å². The minimum atomic E-state index is -4.07. The first-order valence-electron chi connectivity index (χ1n) is 11.4. The molecule has 3 rings (SSSR count). The predicted molar refractivity (Wildman–Crippen MR) is 118 cm³/mol. The van der Waals surface area contributed by atoms with Crippen LogP contribution in [-0.4, -0.2) is 30.2 Å². The van der Waals surface area contributed by atoms with E-state index in [1.165, 1.54) is 11.1 Å². The molecule has 0 N–H and O–H groups in total. The van der Waals surface area contributed by atoms with Crippen LogP contribution in [0.3, 0.4) is 0 Å². The fraction of sp³-hybridized carbons (Fsp3) is 0.538. The van der Waals surface area contributed by atoms with Crippen LogP contribution in [0.25, 0.3) is 0 Å². The van der Waals surface area contributed by atoms with Gasteiger partial charge in [0.25, 0.3) is 0 Å². The summed E-state index contributed by atoms with van der Waals surface area (Å²) < 4.78 is 39.1. The Bertz CT molecular complexity index is 754. The molecule has 0 saturated heterocycles. The van der Waals surface area contributed by atoms with Gasteiger partial charge in [-0.3, -0.25) is 0 Å². The number of halogens is 3. The molecule has 0 bridgehead atoms. The summed E-state index contributed by atoms with van der Waals surface area (Å²) in [5.74, 6) is -1.51. The molecule has 164 valence electrons. The van der Waals surface area contributed by atoms with E-state index in [1.54, 1.807) is 0 Å². The van der Waals surface area contributed by atoms with Gasteiger partial charge in [0.2, 0.25) is 0 Å². The molecular formula is C26H34F3N. The van der Waals surface area contributed by atoms with Gasteiger partial charge in [-0.05, 0) is 67.7 Å². The van der Waals surface area contributed by atoms with Crippen molar-refractivity contribution in [3.8, 4) is 0 Å². The Kier molecular flexibility index (Phi) is 7.99. The smallest absolute Gasteiger partial charge is 0.300 e. The Hall–Kier alpha value is -1.81. The van der Waals surface area contributed by atoms with Crippen LogP contribution in [0.5, 0.6) is 0 Å². The van der Waals surface area contributed by atoms with Gasteiger partial charge in [-0.2, -0.15) is 13.2 Å². The van der Waals surface area contributed by atoms with Crippen LogP contribution in [0.15, 0.2) is 54.6 Å². The lowest BCUT2D eigenvalue weighted by atomic mass is 9.69. The minimum Gasteiger partial charge on any atom is -0.300 e. The highest BCUT2D eigenvalue weighted by Crippen LogP contribution is 2.50. The molecule has 3 atom stereocenters. The molecule has 1 nitrogen and oxygen atoms in total. The second kappa shape index (κ2) is 10.5. The van der Waals surface area contributed by atoms with E-state index < -0.39 is 12.1 Å². The topological polar surface area (TPSA) is 3.24 Å². The van der Waals surface area contributed by atoms with Crippen molar-refractivity contribution < 1.29 is 13.2 Å². The van der Waals surface area contributed by atoms with E-state index in [2.05, 4.69) is 49.1 Å². The van der Waals surface area contributed by atoms with Crippen LogP contribution in [0.1, 0.15) is 62.1 Å². The van der Waals surface area contributed by atoms with Crippen LogP contribution < -0.4 is 0 Å². The number of nitrogens with zero attached hydrogens (tertiary/aromatic N) is 1. The number of rotatable bonds is 10. The van der Waals surface area contributed by atoms with E-state index in [0.29, 0.717) is 12.5 Å². The quantitative estimate of drug-likeness (QED) is 0.401. The summed E-state index contributed by atoms with van der Waals surface area (Å²) in [5.41, 5.74) is 3.44. The van der Waals surface area contributed by atoms with Crippen LogP contribution >= 0.6 is 0 Å². The van der Waals surface area contributed by atoms with Gasteiger partial charge in [0, 0.05) is 12.6 Å². The van der Waals surface area contributed by atoms with Crippen LogP contribution in [0, 0.1) is 5.92 Å². The van der Waals surface area contributed by atoms with Crippen LogP contribution in [0.2, 0.25) is 0 Å². The summed E-state index contributed by atoms with van der Waals surface area (Å²) in [6.07, 6.45) is 1.05. The molecule has 0 amide bonds. The van der Waals surface area contributed by atoms with E-state index >= 15 is 0 Å². The SMILES string of the molecule is CCC(CCc1ccc(C2CCC2C(F)(F)F)cc1)N(CC)CCc1ccccc1. The number of aryl methyl sites for hydroxylation is 1. The standard InChI is InChI=1S/C26H34F3N/c1-3-23(30(4-2)19-18-20-8-6-5-7-9-20)15-12-21-10-13-22(14-11-21)24-16-17-25(24)26(27,28)29/h5-11,13-14,23-25H,3-4,12,15-19H2,1-2H3. The molecule has 1 fully saturated rings. The lowest BCUT2D eigenvalue weighted by Gasteiger charge is -2.38. The van der Waals surface area contributed by atoms with Crippen molar-refractivity contribution in [2.45, 2.75) is 70.5 Å². The summed E-state index contributed by atoms with van der Waals surface area (Å²) >= 11 is 0. The lowest BCUT2D eigenvalue weighted by molar-refractivity contribution is -0.200.